The number of H-pyrrole nitrogens is 1. The molecule has 4 aromatic rings. The van der Waals surface area contributed by atoms with Crippen LogP contribution in [-0.2, 0) is 6.61 Å². The summed E-state index contributed by atoms with van der Waals surface area (Å²) < 4.78 is 7.24. The molecule has 3 N–H and O–H groups in total. The average molecular weight is 392 g/mol. The Morgan fingerprint density at radius 2 is 2.10 bits per heavy atom. The van der Waals surface area contributed by atoms with E-state index in [-0.39, 0.29) is 12.6 Å². The molecule has 9 heteroatoms. The number of carbonyl (C=O) groups is 1. The number of nitrogens with one attached hydrogen (secondary N) is 2. The minimum atomic E-state index is -0.307. The van der Waals surface area contributed by atoms with Crippen LogP contribution in [0, 0.1) is 0 Å². The number of hydrogen-bond acceptors (Lipinski definition) is 6. The van der Waals surface area contributed by atoms with Gasteiger partial charge in [-0.2, -0.15) is 5.10 Å². The van der Waals surface area contributed by atoms with Crippen molar-refractivity contribution >= 4 is 22.8 Å². The Hall–Kier alpha value is -3.72. The lowest BCUT2D eigenvalue weighted by Crippen LogP contribution is -2.18. The fourth-order valence-electron chi connectivity index (χ4n) is 2.87. The van der Waals surface area contributed by atoms with Crippen molar-refractivity contribution in [3.05, 3.63) is 60.3 Å². The highest BCUT2D eigenvalue weighted by Gasteiger charge is 2.13. The molecular weight excluding hydrogens is 372 g/mol. The number of benzene rings is 1. The fourth-order valence-corrected chi connectivity index (χ4v) is 2.87. The summed E-state index contributed by atoms with van der Waals surface area (Å²) in [5.41, 5.74) is 2.15. The molecule has 0 atom stereocenters. The second-order valence-electron chi connectivity index (χ2n) is 6.81. The number of aliphatic hydroxyl groups excluding tert-OH is 1. The van der Waals surface area contributed by atoms with E-state index in [2.05, 4.69) is 25.5 Å². The molecule has 9 nitrogen and oxygen atoms in total. The number of rotatable bonds is 5. The molecule has 0 aliphatic heterocycles. The first kappa shape index (κ1) is 18.6. The van der Waals surface area contributed by atoms with Crippen molar-refractivity contribution in [2.75, 3.05) is 5.32 Å². The smallest absolute Gasteiger partial charge is 0.331 e. The van der Waals surface area contributed by atoms with E-state index in [1.54, 1.807) is 24.4 Å². The van der Waals surface area contributed by atoms with E-state index >= 15 is 0 Å². The van der Waals surface area contributed by atoms with Crippen molar-refractivity contribution in [1.29, 1.82) is 0 Å². The first-order chi connectivity index (χ1) is 14.0. The van der Waals surface area contributed by atoms with Gasteiger partial charge in [0.25, 0.3) is 0 Å². The standard InChI is InChI=1S/C20H20N6O3/c1-12(2)16-9-18(25-24-16)23-20(28)26-6-5-13-7-15(3-4-17(13)26)29-19-8-14(10-27)21-11-22-19/h3-9,11-12,27H,10H2,1-2H3,(H2,23,24,25,28). The summed E-state index contributed by atoms with van der Waals surface area (Å²) in [4.78, 5) is 20.6. The Morgan fingerprint density at radius 3 is 2.86 bits per heavy atom. The molecule has 0 bridgehead atoms. The van der Waals surface area contributed by atoms with Crippen LogP contribution in [0.4, 0.5) is 10.6 Å². The first-order valence-corrected chi connectivity index (χ1v) is 9.11. The van der Waals surface area contributed by atoms with E-state index in [9.17, 15) is 4.79 Å². The van der Waals surface area contributed by atoms with Crippen molar-refractivity contribution < 1.29 is 14.6 Å². The van der Waals surface area contributed by atoms with Crippen LogP contribution in [0.5, 0.6) is 11.6 Å². The van der Waals surface area contributed by atoms with Crippen LogP contribution in [-0.4, -0.2) is 35.9 Å². The van der Waals surface area contributed by atoms with E-state index < -0.39 is 0 Å². The molecule has 0 radical (unpaired) electrons. The summed E-state index contributed by atoms with van der Waals surface area (Å²) in [5.74, 6) is 1.67. The van der Waals surface area contributed by atoms with Crippen LogP contribution in [0.25, 0.3) is 10.9 Å². The molecule has 4 rings (SSSR count). The van der Waals surface area contributed by atoms with Gasteiger partial charge in [-0.15, -0.1) is 0 Å². The summed E-state index contributed by atoms with van der Waals surface area (Å²) in [6.07, 6.45) is 3.02. The third-order valence-electron chi connectivity index (χ3n) is 4.42. The van der Waals surface area contributed by atoms with Gasteiger partial charge in [0.15, 0.2) is 5.82 Å². The molecule has 0 unspecified atom stereocenters. The van der Waals surface area contributed by atoms with Crippen molar-refractivity contribution in [2.24, 2.45) is 0 Å². The quantitative estimate of drug-likeness (QED) is 0.477. The molecule has 0 saturated carbocycles. The van der Waals surface area contributed by atoms with E-state index in [4.69, 9.17) is 9.84 Å². The normalized spacial score (nSPS) is 11.2. The van der Waals surface area contributed by atoms with Crippen LogP contribution >= 0.6 is 0 Å². The molecule has 1 aromatic carbocycles. The number of anilines is 1. The Balaban J connectivity index is 1.53. The summed E-state index contributed by atoms with van der Waals surface area (Å²) in [7, 11) is 0. The van der Waals surface area contributed by atoms with Gasteiger partial charge in [-0.1, -0.05) is 13.8 Å². The van der Waals surface area contributed by atoms with Gasteiger partial charge in [-0.25, -0.2) is 14.8 Å². The van der Waals surface area contributed by atoms with Gasteiger partial charge < -0.3 is 9.84 Å². The van der Waals surface area contributed by atoms with Gasteiger partial charge in [0.1, 0.15) is 12.1 Å². The van der Waals surface area contributed by atoms with Crippen molar-refractivity contribution in [2.45, 2.75) is 26.4 Å². The Morgan fingerprint density at radius 1 is 1.24 bits per heavy atom. The predicted octanol–water partition coefficient (Wildman–Crippen LogP) is 3.64. The van der Waals surface area contributed by atoms with E-state index in [0.717, 1.165) is 16.6 Å². The monoisotopic (exact) mass is 392 g/mol. The molecule has 3 aromatic heterocycles. The predicted molar refractivity (Wildman–Crippen MR) is 107 cm³/mol. The highest BCUT2D eigenvalue weighted by molar-refractivity contribution is 5.98. The Kier molecular flexibility index (Phi) is 4.96. The van der Waals surface area contributed by atoms with Gasteiger partial charge in [0, 0.05) is 29.4 Å². The lowest BCUT2D eigenvalue weighted by molar-refractivity contribution is 0.254. The highest BCUT2D eigenvalue weighted by atomic mass is 16.5. The summed E-state index contributed by atoms with van der Waals surface area (Å²) in [6, 6.07) is 10.3. The molecule has 1 amide bonds. The number of carbonyl (C=O) groups excluding carboxylic acids is 1. The number of ether oxygens (including phenoxy) is 1. The van der Waals surface area contributed by atoms with Gasteiger partial charge in [-0.05, 0) is 30.2 Å². The summed E-state index contributed by atoms with van der Waals surface area (Å²) in [5, 5.41) is 19.8. The van der Waals surface area contributed by atoms with Crippen molar-refractivity contribution in [3.63, 3.8) is 0 Å². The van der Waals surface area contributed by atoms with E-state index in [0.29, 0.717) is 29.1 Å². The minimum Gasteiger partial charge on any atom is -0.439 e. The first-order valence-electron chi connectivity index (χ1n) is 9.11. The largest absolute Gasteiger partial charge is 0.439 e. The maximum Gasteiger partial charge on any atom is 0.331 e. The van der Waals surface area contributed by atoms with Crippen LogP contribution in [0.1, 0.15) is 31.2 Å². The topological polar surface area (TPSA) is 118 Å². The fraction of sp³-hybridized carbons (Fsp3) is 0.200. The molecule has 0 fully saturated rings. The minimum absolute atomic E-state index is 0.190. The number of aliphatic hydroxyl groups is 1. The van der Waals surface area contributed by atoms with Gasteiger partial charge in [0.05, 0.1) is 17.8 Å². The maximum absolute atomic E-state index is 12.6. The van der Waals surface area contributed by atoms with Crippen LogP contribution in [0.2, 0.25) is 0 Å². The average Bonchev–Trinajstić information content (AvgIpc) is 3.35. The molecular formula is C20H20N6O3. The Bertz CT molecular complexity index is 1160. The van der Waals surface area contributed by atoms with Crippen LogP contribution in [0.3, 0.4) is 0 Å². The molecule has 3 heterocycles. The molecule has 0 saturated heterocycles. The summed E-state index contributed by atoms with van der Waals surface area (Å²) in [6.45, 7) is 3.90. The van der Waals surface area contributed by atoms with Gasteiger partial charge >= 0.3 is 6.03 Å². The third kappa shape index (κ3) is 3.94. The lowest BCUT2D eigenvalue weighted by Gasteiger charge is -2.07. The second kappa shape index (κ2) is 7.72. The molecule has 148 valence electrons. The molecule has 29 heavy (non-hydrogen) atoms. The zero-order valence-corrected chi connectivity index (χ0v) is 16.0. The molecule has 0 aliphatic carbocycles. The third-order valence-corrected chi connectivity index (χ3v) is 4.42. The number of aromatic nitrogens is 5. The van der Waals surface area contributed by atoms with Crippen LogP contribution < -0.4 is 10.1 Å². The number of aromatic amines is 1. The van der Waals surface area contributed by atoms with E-state index in [1.807, 2.05) is 32.0 Å². The van der Waals surface area contributed by atoms with E-state index in [1.165, 1.54) is 10.9 Å². The zero-order chi connectivity index (χ0) is 20.4. The highest BCUT2D eigenvalue weighted by Crippen LogP contribution is 2.26. The Labute approximate surface area is 166 Å². The van der Waals surface area contributed by atoms with Crippen molar-refractivity contribution in [1.82, 2.24) is 24.7 Å². The van der Waals surface area contributed by atoms with Gasteiger partial charge in [-0.3, -0.25) is 15.0 Å². The lowest BCUT2D eigenvalue weighted by atomic mass is 10.1. The molecule has 0 aliphatic rings. The zero-order valence-electron chi connectivity index (χ0n) is 16.0. The number of fused-ring (bicyclic) bond motifs is 1. The van der Waals surface area contributed by atoms with Crippen LogP contribution in [0.15, 0.2) is 48.9 Å². The second-order valence-corrected chi connectivity index (χ2v) is 6.81. The van der Waals surface area contributed by atoms with Gasteiger partial charge in [0.2, 0.25) is 5.88 Å². The SMILES string of the molecule is CC(C)c1cc(NC(=O)n2ccc3cc(Oc4cc(CO)ncn4)ccc32)n[nH]1. The number of amides is 1. The number of hydrogen-bond donors (Lipinski definition) is 3. The van der Waals surface area contributed by atoms with Crippen molar-refractivity contribution in [3.8, 4) is 11.6 Å². The maximum atomic E-state index is 12.6. The molecule has 0 spiro atoms. The number of nitrogens with zero attached hydrogens (tertiary/aromatic N) is 4. The summed E-state index contributed by atoms with van der Waals surface area (Å²) >= 11 is 0.